The first-order chi connectivity index (χ1) is 13.7. The molecule has 0 amide bonds. The summed E-state index contributed by atoms with van der Waals surface area (Å²) in [5.41, 5.74) is 4.48. The van der Waals surface area contributed by atoms with E-state index in [-0.39, 0.29) is 5.75 Å². The summed E-state index contributed by atoms with van der Waals surface area (Å²) in [5, 5.41) is 21.2. The van der Waals surface area contributed by atoms with Crippen LogP contribution in [0, 0.1) is 11.3 Å². The lowest BCUT2D eigenvalue weighted by Crippen LogP contribution is -2.27. The zero-order chi connectivity index (χ0) is 19.3. The highest BCUT2D eigenvalue weighted by atomic mass is 16.3. The molecular formula is C23H18N4O. The minimum Gasteiger partial charge on any atom is -0.508 e. The van der Waals surface area contributed by atoms with Crippen LogP contribution in [0.5, 0.6) is 5.75 Å². The highest BCUT2D eigenvalue weighted by Gasteiger charge is 2.13. The highest BCUT2D eigenvalue weighted by Crippen LogP contribution is 2.29. The van der Waals surface area contributed by atoms with Gasteiger partial charge in [0.15, 0.2) is 0 Å². The second-order valence-corrected chi connectivity index (χ2v) is 6.37. The second-order valence-electron chi connectivity index (χ2n) is 6.37. The van der Waals surface area contributed by atoms with Crippen LogP contribution in [0.15, 0.2) is 91.5 Å². The normalized spacial score (nSPS) is 10.4. The topological polar surface area (TPSA) is 65.1 Å². The Labute approximate surface area is 163 Å². The van der Waals surface area contributed by atoms with E-state index in [9.17, 15) is 10.4 Å². The molecule has 0 bridgehead atoms. The van der Waals surface area contributed by atoms with Crippen LogP contribution in [-0.2, 0) is 6.54 Å². The number of nitrogens with zero attached hydrogens (tertiary/aromatic N) is 4. The van der Waals surface area contributed by atoms with Crippen LogP contribution in [0.3, 0.4) is 0 Å². The molecule has 0 fully saturated rings. The number of phenolic OH excluding ortho intramolecular Hbond substituents is 1. The minimum atomic E-state index is 0.239. The molecule has 0 aliphatic rings. The predicted octanol–water partition coefficient (Wildman–Crippen LogP) is 4.60. The third-order valence-electron chi connectivity index (χ3n) is 4.54. The van der Waals surface area contributed by atoms with Gasteiger partial charge in [0.2, 0.25) is 0 Å². The molecule has 4 rings (SSSR count). The Kier molecular flexibility index (Phi) is 4.77. The summed E-state index contributed by atoms with van der Waals surface area (Å²) in [6.45, 7) is 0.580. The van der Waals surface area contributed by atoms with Crippen molar-refractivity contribution in [2.45, 2.75) is 6.54 Å². The number of imidazole rings is 1. The number of hydrogen-bond donors (Lipinski definition) is 1. The van der Waals surface area contributed by atoms with Crippen molar-refractivity contribution in [2.75, 3.05) is 5.01 Å². The molecule has 0 saturated carbocycles. The maximum absolute atomic E-state index is 9.55. The van der Waals surface area contributed by atoms with Crippen molar-refractivity contribution in [1.29, 1.82) is 5.26 Å². The Bertz CT molecular complexity index is 1100. The van der Waals surface area contributed by atoms with E-state index in [1.165, 1.54) is 0 Å². The van der Waals surface area contributed by atoms with Gasteiger partial charge in [-0.05, 0) is 41.5 Å². The molecule has 0 aliphatic carbocycles. The van der Waals surface area contributed by atoms with Crippen LogP contribution in [0.1, 0.15) is 11.1 Å². The fraction of sp³-hybridized carbons (Fsp3) is 0.0435. The van der Waals surface area contributed by atoms with Crippen LogP contribution in [0.4, 0.5) is 5.69 Å². The van der Waals surface area contributed by atoms with Crippen LogP contribution in [0.2, 0.25) is 0 Å². The van der Waals surface area contributed by atoms with Crippen LogP contribution < -0.4 is 5.01 Å². The SMILES string of the molecule is N#Cc1ccc(N(Cc2ccc(O)cc2)n2ccnc2)cc1-c1ccccc1. The highest BCUT2D eigenvalue weighted by molar-refractivity contribution is 5.74. The van der Waals surface area contributed by atoms with Gasteiger partial charge in [-0.15, -0.1) is 0 Å². The third kappa shape index (κ3) is 3.57. The first-order valence-electron chi connectivity index (χ1n) is 8.88. The van der Waals surface area contributed by atoms with Crippen molar-refractivity contribution < 1.29 is 5.11 Å². The summed E-state index contributed by atoms with van der Waals surface area (Å²) in [4.78, 5) is 4.17. The summed E-state index contributed by atoms with van der Waals surface area (Å²) >= 11 is 0. The van der Waals surface area contributed by atoms with E-state index in [2.05, 4.69) is 16.1 Å². The van der Waals surface area contributed by atoms with Gasteiger partial charge in [0.05, 0.1) is 23.9 Å². The lowest BCUT2D eigenvalue weighted by atomic mass is 9.99. The molecule has 0 unspecified atom stereocenters. The van der Waals surface area contributed by atoms with Gasteiger partial charge in [-0.3, -0.25) is 5.01 Å². The Morgan fingerprint density at radius 3 is 2.46 bits per heavy atom. The molecule has 3 aromatic carbocycles. The quantitative estimate of drug-likeness (QED) is 0.561. The van der Waals surface area contributed by atoms with Gasteiger partial charge < -0.3 is 5.11 Å². The van der Waals surface area contributed by atoms with E-state index in [1.54, 1.807) is 24.7 Å². The number of anilines is 1. The fourth-order valence-corrected chi connectivity index (χ4v) is 3.12. The molecule has 1 heterocycles. The van der Waals surface area contributed by atoms with Gasteiger partial charge in [-0.2, -0.15) is 5.26 Å². The Morgan fingerprint density at radius 2 is 1.79 bits per heavy atom. The number of aromatic nitrogens is 2. The van der Waals surface area contributed by atoms with Gasteiger partial charge in [0, 0.05) is 18.0 Å². The van der Waals surface area contributed by atoms with Crippen molar-refractivity contribution in [3.63, 3.8) is 0 Å². The maximum Gasteiger partial charge on any atom is 0.115 e. The average Bonchev–Trinajstić information content (AvgIpc) is 3.28. The summed E-state index contributed by atoms with van der Waals surface area (Å²) < 4.78 is 1.91. The summed E-state index contributed by atoms with van der Waals surface area (Å²) in [5.74, 6) is 0.239. The van der Waals surface area contributed by atoms with Gasteiger partial charge in [-0.1, -0.05) is 42.5 Å². The smallest absolute Gasteiger partial charge is 0.115 e. The number of nitriles is 1. The summed E-state index contributed by atoms with van der Waals surface area (Å²) in [6, 6.07) is 25.1. The predicted molar refractivity (Wildman–Crippen MR) is 109 cm³/mol. The molecule has 1 N–H and O–H groups in total. The third-order valence-corrected chi connectivity index (χ3v) is 4.54. The van der Waals surface area contributed by atoms with Crippen molar-refractivity contribution in [1.82, 2.24) is 9.66 Å². The van der Waals surface area contributed by atoms with E-state index in [0.717, 1.165) is 22.4 Å². The van der Waals surface area contributed by atoms with Crippen LogP contribution in [0.25, 0.3) is 11.1 Å². The van der Waals surface area contributed by atoms with E-state index >= 15 is 0 Å². The Hall–Kier alpha value is -4.04. The minimum absolute atomic E-state index is 0.239. The fourth-order valence-electron chi connectivity index (χ4n) is 3.12. The first-order valence-corrected chi connectivity index (χ1v) is 8.88. The van der Waals surface area contributed by atoms with Crippen molar-refractivity contribution in [3.05, 3.63) is 103 Å². The number of aromatic hydroxyl groups is 1. The van der Waals surface area contributed by atoms with Crippen molar-refractivity contribution in [2.24, 2.45) is 0 Å². The van der Waals surface area contributed by atoms with E-state index in [0.29, 0.717) is 12.1 Å². The molecule has 28 heavy (non-hydrogen) atoms. The molecule has 5 nitrogen and oxygen atoms in total. The molecule has 136 valence electrons. The number of hydrogen-bond acceptors (Lipinski definition) is 4. The van der Waals surface area contributed by atoms with Gasteiger partial charge >= 0.3 is 0 Å². The zero-order valence-corrected chi connectivity index (χ0v) is 15.1. The lowest BCUT2D eigenvalue weighted by molar-refractivity contribution is 0.475. The number of phenols is 1. The molecule has 0 aliphatic heterocycles. The zero-order valence-electron chi connectivity index (χ0n) is 15.1. The average molecular weight is 366 g/mol. The molecule has 0 saturated heterocycles. The largest absolute Gasteiger partial charge is 0.508 e. The Morgan fingerprint density at radius 1 is 1.00 bits per heavy atom. The van der Waals surface area contributed by atoms with Gasteiger partial charge in [0.25, 0.3) is 0 Å². The summed E-state index contributed by atoms with van der Waals surface area (Å²) in [6.07, 6.45) is 5.34. The van der Waals surface area contributed by atoms with Crippen LogP contribution in [-0.4, -0.2) is 14.8 Å². The number of benzene rings is 3. The van der Waals surface area contributed by atoms with Gasteiger partial charge in [-0.25, -0.2) is 9.66 Å². The van der Waals surface area contributed by atoms with Gasteiger partial charge in [0.1, 0.15) is 12.1 Å². The maximum atomic E-state index is 9.55. The molecule has 4 aromatic rings. The molecule has 0 spiro atoms. The Balaban J connectivity index is 1.78. The second kappa shape index (κ2) is 7.68. The molecule has 0 atom stereocenters. The molecule has 1 aromatic heterocycles. The van der Waals surface area contributed by atoms with E-state index < -0.39 is 0 Å². The molecular weight excluding hydrogens is 348 g/mol. The first kappa shape index (κ1) is 17.4. The molecule has 0 radical (unpaired) electrons. The van der Waals surface area contributed by atoms with E-state index in [1.807, 2.05) is 71.5 Å². The summed E-state index contributed by atoms with van der Waals surface area (Å²) in [7, 11) is 0. The monoisotopic (exact) mass is 366 g/mol. The standard InChI is InChI=1S/C23H18N4O/c24-15-20-8-9-21(14-23(20)19-4-2-1-3-5-19)27(26-13-12-25-17-26)16-18-6-10-22(28)11-7-18/h1-14,17,28H,16H2. The lowest BCUT2D eigenvalue weighted by Gasteiger charge is -2.26. The van der Waals surface area contributed by atoms with Crippen LogP contribution >= 0.6 is 0 Å². The van der Waals surface area contributed by atoms with E-state index in [4.69, 9.17) is 0 Å². The molecule has 5 heteroatoms. The van der Waals surface area contributed by atoms with Crippen molar-refractivity contribution >= 4 is 5.69 Å². The van der Waals surface area contributed by atoms with Crippen molar-refractivity contribution in [3.8, 4) is 22.9 Å². The number of rotatable bonds is 5.